The van der Waals surface area contributed by atoms with Crippen LogP contribution in [0.5, 0.6) is 11.5 Å². The Morgan fingerprint density at radius 2 is 1.74 bits per heavy atom. The van der Waals surface area contributed by atoms with Gasteiger partial charge in [0.2, 0.25) is 0 Å². The van der Waals surface area contributed by atoms with Gasteiger partial charge in [0.05, 0.1) is 0 Å². The van der Waals surface area contributed by atoms with Gasteiger partial charge in [0.1, 0.15) is 23.1 Å². The first kappa shape index (κ1) is 13.5. The molecule has 0 aliphatic rings. The Balaban J connectivity index is 2.38. The van der Waals surface area contributed by atoms with E-state index >= 15 is 0 Å². The van der Waals surface area contributed by atoms with Gasteiger partial charge in [-0.25, -0.2) is 8.78 Å². The average Bonchev–Trinajstić information content (AvgIpc) is 2.36. The number of ether oxygens (including phenoxy) is 1. The molecule has 0 radical (unpaired) electrons. The van der Waals surface area contributed by atoms with Crippen LogP contribution in [0.25, 0.3) is 0 Å². The van der Waals surface area contributed by atoms with Crippen molar-refractivity contribution in [2.45, 2.75) is 19.9 Å². The number of benzene rings is 2. The highest BCUT2D eigenvalue weighted by Crippen LogP contribution is 2.31. The van der Waals surface area contributed by atoms with Gasteiger partial charge in [-0.15, -0.1) is 0 Å². The molecule has 2 aromatic rings. The van der Waals surface area contributed by atoms with Crippen molar-refractivity contribution >= 4 is 0 Å². The zero-order valence-electron chi connectivity index (χ0n) is 10.8. The van der Waals surface area contributed by atoms with Crippen LogP contribution in [0.15, 0.2) is 36.4 Å². The van der Waals surface area contributed by atoms with Crippen LogP contribution in [0.3, 0.4) is 0 Å². The zero-order chi connectivity index (χ0) is 14.0. The summed E-state index contributed by atoms with van der Waals surface area (Å²) < 4.78 is 32.0. The van der Waals surface area contributed by atoms with Gasteiger partial charge in [-0.2, -0.15) is 0 Å². The summed E-state index contributed by atoms with van der Waals surface area (Å²) in [4.78, 5) is 0. The van der Waals surface area contributed by atoms with Gasteiger partial charge in [-0.3, -0.25) is 0 Å². The standard InChI is InChI=1S/C15H15F2NO/c1-9-7-15(13(10(2)18)8-14(9)17)19-12-5-3-11(16)4-6-12/h3-8,10H,18H2,1-2H3/t10-/m0/s1. The highest BCUT2D eigenvalue weighted by molar-refractivity contribution is 5.42. The number of rotatable bonds is 3. The predicted molar refractivity (Wildman–Crippen MR) is 70.2 cm³/mol. The minimum Gasteiger partial charge on any atom is -0.457 e. The second-order valence-electron chi connectivity index (χ2n) is 4.48. The van der Waals surface area contributed by atoms with Crippen LogP contribution in [-0.4, -0.2) is 0 Å². The quantitative estimate of drug-likeness (QED) is 0.905. The summed E-state index contributed by atoms with van der Waals surface area (Å²) in [6.45, 7) is 3.40. The zero-order valence-corrected chi connectivity index (χ0v) is 10.8. The maximum absolute atomic E-state index is 13.6. The van der Waals surface area contributed by atoms with Crippen molar-refractivity contribution in [2.75, 3.05) is 0 Å². The van der Waals surface area contributed by atoms with Crippen LogP contribution in [0, 0.1) is 18.6 Å². The molecule has 0 heterocycles. The van der Waals surface area contributed by atoms with Crippen molar-refractivity contribution < 1.29 is 13.5 Å². The second-order valence-corrected chi connectivity index (χ2v) is 4.48. The Bertz CT molecular complexity index is 579. The average molecular weight is 263 g/mol. The third-order valence-corrected chi connectivity index (χ3v) is 2.82. The Morgan fingerprint density at radius 3 is 2.32 bits per heavy atom. The number of nitrogens with two attached hydrogens (primary N) is 1. The van der Waals surface area contributed by atoms with Crippen molar-refractivity contribution in [1.29, 1.82) is 0 Å². The normalized spacial score (nSPS) is 12.3. The van der Waals surface area contributed by atoms with Crippen LogP contribution in [0.1, 0.15) is 24.1 Å². The molecule has 0 unspecified atom stereocenters. The molecule has 2 aromatic carbocycles. The van der Waals surface area contributed by atoms with E-state index in [1.165, 1.54) is 30.3 Å². The lowest BCUT2D eigenvalue weighted by Gasteiger charge is -2.15. The fourth-order valence-electron chi connectivity index (χ4n) is 1.74. The highest BCUT2D eigenvalue weighted by Gasteiger charge is 2.13. The first-order chi connectivity index (χ1) is 8.97. The molecule has 2 N–H and O–H groups in total. The second kappa shape index (κ2) is 5.36. The molecule has 0 fully saturated rings. The molecule has 1 atom stereocenters. The van der Waals surface area contributed by atoms with Crippen LogP contribution in [0.4, 0.5) is 8.78 Å². The molecule has 0 amide bonds. The third kappa shape index (κ3) is 3.09. The van der Waals surface area contributed by atoms with Gasteiger partial charge < -0.3 is 10.5 Å². The molecule has 0 aliphatic carbocycles. The number of hydrogen-bond acceptors (Lipinski definition) is 2. The first-order valence-corrected chi connectivity index (χ1v) is 5.96. The minimum atomic E-state index is -0.356. The van der Waals surface area contributed by atoms with Crippen LogP contribution in [0.2, 0.25) is 0 Å². The molecule has 2 nitrogen and oxygen atoms in total. The Labute approximate surface area is 110 Å². The molecule has 0 bridgehead atoms. The van der Waals surface area contributed by atoms with E-state index in [2.05, 4.69) is 0 Å². The number of halogens is 2. The molecule has 0 spiro atoms. The molecule has 100 valence electrons. The number of aryl methyl sites for hydroxylation is 1. The fourth-order valence-corrected chi connectivity index (χ4v) is 1.74. The van der Waals surface area contributed by atoms with Crippen molar-refractivity contribution in [3.63, 3.8) is 0 Å². The topological polar surface area (TPSA) is 35.2 Å². The fraction of sp³-hybridized carbons (Fsp3) is 0.200. The molecule has 4 heteroatoms. The molecule has 0 saturated carbocycles. The van der Waals surface area contributed by atoms with Gasteiger partial charge in [-0.05, 0) is 55.8 Å². The molecule has 2 rings (SSSR count). The molecular formula is C15H15F2NO. The summed E-state index contributed by atoms with van der Waals surface area (Å²) >= 11 is 0. The van der Waals surface area contributed by atoms with Crippen LogP contribution in [-0.2, 0) is 0 Å². The van der Waals surface area contributed by atoms with Crippen molar-refractivity contribution in [3.05, 3.63) is 59.2 Å². The van der Waals surface area contributed by atoms with Crippen molar-refractivity contribution in [2.24, 2.45) is 5.73 Å². The largest absolute Gasteiger partial charge is 0.457 e. The Kier molecular flexibility index (Phi) is 3.81. The van der Waals surface area contributed by atoms with Crippen molar-refractivity contribution in [1.82, 2.24) is 0 Å². The molecule has 0 saturated heterocycles. The van der Waals surface area contributed by atoms with E-state index in [1.807, 2.05) is 0 Å². The first-order valence-electron chi connectivity index (χ1n) is 5.96. The summed E-state index contributed by atoms with van der Waals surface area (Å²) in [6, 6.07) is 8.24. The van der Waals surface area contributed by atoms with Crippen LogP contribution >= 0.6 is 0 Å². The van der Waals surface area contributed by atoms with Gasteiger partial charge in [0, 0.05) is 11.6 Å². The van der Waals surface area contributed by atoms with E-state index in [-0.39, 0.29) is 17.7 Å². The van der Waals surface area contributed by atoms with Gasteiger partial charge >= 0.3 is 0 Å². The van der Waals surface area contributed by atoms with Gasteiger partial charge in [-0.1, -0.05) is 0 Å². The summed E-state index contributed by atoms with van der Waals surface area (Å²) in [5, 5.41) is 0. The van der Waals surface area contributed by atoms with E-state index in [0.717, 1.165) is 0 Å². The summed E-state index contributed by atoms with van der Waals surface area (Å²) in [6.07, 6.45) is 0. The summed E-state index contributed by atoms with van der Waals surface area (Å²) in [5.41, 5.74) is 6.85. The molecular weight excluding hydrogens is 248 g/mol. The monoisotopic (exact) mass is 263 g/mol. The third-order valence-electron chi connectivity index (χ3n) is 2.82. The van der Waals surface area contributed by atoms with Gasteiger partial charge in [0.15, 0.2) is 0 Å². The van der Waals surface area contributed by atoms with E-state index < -0.39 is 0 Å². The summed E-state index contributed by atoms with van der Waals surface area (Å²) in [7, 11) is 0. The van der Waals surface area contributed by atoms with E-state index in [9.17, 15) is 8.78 Å². The smallest absolute Gasteiger partial charge is 0.132 e. The SMILES string of the molecule is Cc1cc(Oc2ccc(F)cc2)c([C@H](C)N)cc1F. The molecule has 0 aromatic heterocycles. The summed E-state index contributed by atoms with van der Waals surface area (Å²) in [5.74, 6) is 0.309. The molecule has 0 aliphatic heterocycles. The predicted octanol–water partition coefficient (Wildman–Crippen LogP) is 4.09. The maximum atomic E-state index is 13.6. The number of hydrogen-bond donors (Lipinski definition) is 1. The van der Waals surface area contributed by atoms with Crippen LogP contribution < -0.4 is 10.5 Å². The molecule has 19 heavy (non-hydrogen) atoms. The van der Waals surface area contributed by atoms with E-state index in [4.69, 9.17) is 10.5 Å². The Morgan fingerprint density at radius 1 is 1.11 bits per heavy atom. The van der Waals surface area contributed by atoms with Crippen molar-refractivity contribution in [3.8, 4) is 11.5 Å². The van der Waals surface area contributed by atoms with E-state index in [1.54, 1.807) is 19.9 Å². The maximum Gasteiger partial charge on any atom is 0.132 e. The lowest BCUT2D eigenvalue weighted by Crippen LogP contribution is -2.08. The Hall–Kier alpha value is -1.94. The van der Waals surface area contributed by atoms with E-state index in [0.29, 0.717) is 22.6 Å². The van der Waals surface area contributed by atoms with Gasteiger partial charge in [0.25, 0.3) is 0 Å². The minimum absolute atomic E-state index is 0.321. The lowest BCUT2D eigenvalue weighted by molar-refractivity contribution is 0.466. The lowest BCUT2D eigenvalue weighted by atomic mass is 10.1. The highest BCUT2D eigenvalue weighted by atomic mass is 19.1.